The Morgan fingerprint density at radius 2 is 1.86 bits per heavy atom. The zero-order valence-corrected chi connectivity index (χ0v) is 13.2. The number of benzene rings is 1. The Kier molecular flexibility index (Phi) is 6.52. The highest BCUT2D eigenvalue weighted by atomic mass is 16.5. The molecule has 0 spiro atoms. The summed E-state index contributed by atoms with van der Waals surface area (Å²) in [5, 5.41) is 11.6. The Balaban J connectivity index is 2.57. The zero-order chi connectivity index (χ0) is 16.8. The minimum atomic E-state index is -1.15. The van der Waals surface area contributed by atoms with Gasteiger partial charge in [0.05, 0.1) is 18.2 Å². The molecule has 1 aromatic carbocycles. The maximum atomic E-state index is 12.0. The number of carbonyl (C=O) groups excluding carboxylic acids is 1. The van der Waals surface area contributed by atoms with Crippen LogP contribution in [0.25, 0.3) is 0 Å². The monoisotopic (exact) mass is 308 g/mol. The molecule has 0 saturated heterocycles. The number of amides is 1. The summed E-state index contributed by atoms with van der Waals surface area (Å²) in [5.74, 6) is -1.65. The number of carboxylic acids is 1. The summed E-state index contributed by atoms with van der Waals surface area (Å²) in [7, 11) is 0. The van der Waals surface area contributed by atoms with Gasteiger partial charge in [0.15, 0.2) is 6.04 Å². The van der Waals surface area contributed by atoms with E-state index in [9.17, 15) is 9.59 Å². The number of aliphatic carboxylic acids is 1. The predicted octanol–water partition coefficient (Wildman–Crippen LogP) is 0.941. The SMILES string of the molecule is CC(C)(C)OC[C@H](NC(=O)[C@@H](N)Cc1ccccc1)C(=O)O. The highest BCUT2D eigenvalue weighted by Gasteiger charge is 2.25. The molecule has 4 N–H and O–H groups in total. The van der Waals surface area contributed by atoms with E-state index in [4.69, 9.17) is 15.6 Å². The van der Waals surface area contributed by atoms with Gasteiger partial charge in [0.2, 0.25) is 5.91 Å². The molecule has 0 unspecified atom stereocenters. The fraction of sp³-hybridized carbons (Fsp3) is 0.500. The Morgan fingerprint density at radius 1 is 1.27 bits per heavy atom. The maximum Gasteiger partial charge on any atom is 0.328 e. The van der Waals surface area contributed by atoms with Gasteiger partial charge < -0.3 is 20.9 Å². The minimum absolute atomic E-state index is 0.109. The van der Waals surface area contributed by atoms with Crippen molar-refractivity contribution in [1.82, 2.24) is 5.32 Å². The van der Waals surface area contributed by atoms with Crippen molar-refractivity contribution in [2.24, 2.45) is 5.73 Å². The first-order valence-corrected chi connectivity index (χ1v) is 7.15. The highest BCUT2D eigenvalue weighted by Crippen LogP contribution is 2.07. The third kappa shape index (κ3) is 6.69. The second-order valence-electron chi connectivity index (χ2n) is 6.12. The van der Waals surface area contributed by atoms with E-state index >= 15 is 0 Å². The first-order chi connectivity index (χ1) is 10.2. The average molecular weight is 308 g/mol. The third-order valence-corrected chi connectivity index (χ3v) is 2.93. The van der Waals surface area contributed by atoms with Gasteiger partial charge in [-0.25, -0.2) is 4.79 Å². The summed E-state index contributed by atoms with van der Waals surface area (Å²) in [4.78, 5) is 23.2. The summed E-state index contributed by atoms with van der Waals surface area (Å²) < 4.78 is 5.42. The lowest BCUT2D eigenvalue weighted by Crippen LogP contribution is -2.51. The van der Waals surface area contributed by atoms with Gasteiger partial charge in [-0.15, -0.1) is 0 Å². The highest BCUT2D eigenvalue weighted by molar-refractivity contribution is 5.87. The number of ether oxygens (including phenoxy) is 1. The van der Waals surface area contributed by atoms with E-state index < -0.39 is 29.6 Å². The summed E-state index contributed by atoms with van der Waals surface area (Å²) in [6.45, 7) is 5.33. The fourth-order valence-corrected chi connectivity index (χ4v) is 1.75. The smallest absolute Gasteiger partial charge is 0.328 e. The van der Waals surface area contributed by atoms with E-state index in [2.05, 4.69) is 5.32 Å². The molecule has 0 bridgehead atoms. The molecule has 0 aliphatic carbocycles. The van der Waals surface area contributed by atoms with Crippen molar-refractivity contribution in [3.63, 3.8) is 0 Å². The molecule has 0 aliphatic heterocycles. The van der Waals surface area contributed by atoms with Crippen LogP contribution in [0.2, 0.25) is 0 Å². The molecule has 1 amide bonds. The molecule has 0 aromatic heterocycles. The lowest BCUT2D eigenvalue weighted by Gasteiger charge is -2.24. The van der Waals surface area contributed by atoms with Crippen molar-refractivity contribution in [2.45, 2.75) is 44.9 Å². The van der Waals surface area contributed by atoms with Crippen LogP contribution in [0, 0.1) is 0 Å². The number of nitrogens with two attached hydrogens (primary N) is 1. The number of carboxylic acid groups (broad SMARTS) is 1. The van der Waals surface area contributed by atoms with Gasteiger partial charge in [0.25, 0.3) is 0 Å². The van der Waals surface area contributed by atoms with Crippen LogP contribution >= 0.6 is 0 Å². The Labute approximate surface area is 130 Å². The van der Waals surface area contributed by atoms with E-state index in [0.29, 0.717) is 6.42 Å². The van der Waals surface area contributed by atoms with E-state index in [-0.39, 0.29) is 6.61 Å². The van der Waals surface area contributed by atoms with Crippen LogP contribution in [0.5, 0.6) is 0 Å². The van der Waals surface area contributed by atoms with E-state index in [1.807, 2.05) is 51.1 Å². The maximum absolute atomic E-state index is 12.0. The average Bonchev–Trinajstić information content (AvgIpc) is 2.42. The lowest BCUT2D eigenvalue weighted by molar-refractivity contribution is -0.145. The van der Waals surface area contributed by atoms with E-state index in [1.165, 1.54) is 0 Å². The van der Waals surface area contributed by atoms with Gasteiger partial charge in [0, 0.05) is 0 Å². The number of nitrogens with one attached hydrogen (secondary N) is 1. The predicted molar refractivity (Wildman–Crippen MR) is 83.4 cm³/mol. The van der Waals surface area contributed by atoms with Gasteiger partial charge in [-0.3, -0.25) is 4.79 Å². The van der Waals surface area contributed by atoms with Crippen molar-refractivity contribution in [2.75, 3.05) is 6.61 Å². The topological polar surface area (TPSA) is 102 Å². The summed E-state index contributed by atoms with van der Waals surface area (Å²) in [5.41, 5.74) is 6.27. The van der Waals surface area contributed by atoms with E-state index in [1.54, 1.807) is 0 Å². The third-order valence-electron chi connectivity index (χ3n) is 2.93. The van der Waals surface area contributed by atoms with Gasteiger partial charge in [-0.2, -0.15) is 0 Å². The standard InChI is InChI=1S/C16H24N2O4/c1-16(2,3)22-10-13(15(20)21)18-14(19)12(17)9-11-7-5-4-6-8-11/h4-8,12-13H,9-10,17H2,1-3H3,(H,18,19)(H,20,21)/t12-,13-/m0/s1. The Hall–Kier alpha value is -1.92. The molecule has 0 aliphatic rings. The van der Waals surface area contributed by atoms with Crippen LogP contribution < -0.4 is 11.1 Å². The second-order valence-corrected chi connectivity index (χ2v) is 6.12. The summed E-state index contributed by atoms with van der Waals surface area (Å²) in [6, 6.07) is 7.40. The molecular weight excluding hydrogens is 284 g/mol. The van der Waals surface area contributed by atoms with Crippen LogP contribution in [0.15, 0.2) is 30.3 Å². The molecule has 0 heterocycles. The van der Waals surface area contributed by atoms with Crippen molar-refractivity contribution >= 4 is 11.9 Å². The van der Waals surface area contributed by atoms with Crippen molar-refractivity contribution in [3.8, 4) is 0 Å². The first kappa shape index (κ1) is 18.1. The largest absolute Gasteiger partial charge is 0.480 e. The normalized spacial score (nSPS) is 14.2. The molecule has 0 saturated carbocycles. The lowest BCUT2D eigenvalue weighted by atomic mass is 10.1. The number of hydrogen-bond donors (Lipinski definition) is 3. The molecule has 22 heavy (non-hydrogen) atoms. The fourth-order valence-electron chi connectivity index (χ4n) is 1.75. The van der Waals surface area contributed by atoms with Crippen LogP contribution in [0.3, 0.4) is 0 Å². The molecular formula is C16H24N2O4. The molecule has 6 nitrogen and oxygen atoms in total. The summed E-state index contributed by atoms with van der Waals surface area (Å²) in [6.07, 6.45) is 0.346. The van der Waals surface area contributed by atoms with E-state index in [0.717, 1.165) is 5.56 Å². The first-order valence-electron chi connectivity index (χ1n) is 7.15. The molecule has 1 aromatic rings. The Bertz CT molecular complexity index is 497. The second kappa shape index (κ2) is 7.91. The molecule has 122 valence electrons. The van der Waals surface area contributed by atoms with Gasteiger partial charge in [-0.1, -0.05) is 30.3 Å². The molecule has 2 atom stereocenters. The van der Waals surface area contributed by atoms with Crippen molar-refractivity contribution in [3.05, 3.63) is 35.9 Å². The number of rotatable bonds is 7. The van der Waals surface area contributed by atoms with Gasteiger partial charge >= 0.3 is 5.97 Å². The van der Waals surface area contributed by atoms with Crippen molar-refractivity contribution < 1.29 is 19.4 Å². The molecule has 0 radical (unpaired) electrons. The summed E-state index contributed by atoms with van der Waals surface area (Å²) >= 11 is 0. The molecule has 6 heteroatoms. The number of carbonyl (C=O) groups is 2. The van der Waals surface area contributed by atoms with Crippen LogP contribution in [-0.4, -0.2) is 41.3 Å². The quantitative estimate of drug-likeness (QED) is 0.696. The van der Waals surface area contributed by atoms with Gasteiger partial charge in [-0.05, 0) is 32.8 Å². The zero-order valence-electron chi connectivity index (χ0n) is 13.2. The molecule has 0 fully saturated rings. The van der Waals surface area contributed by atoms with Crippen LogP contribution in [0.1, 0.15) is 26.3 Å². The van der Waals surface area contributed by atoms with Crippen molar-refractivity contribution in [1.29, 1.82) is 0 Å². The van der Waals surface area contributed by atoms with Crippen LogP contribution in [0.4, 0.5) is 0 Å². The Morgan fingerprint density at radius 3 is 2.36 bits per heavy atom. The minimum Gasteiger partial charge on any atom is -0.480 e. The molecule has 1 rings (SSSR count). The van der Waals surface area contributed by atoms with Crippen LogP contribution in [-0.2, 0) is 20.7 Å². The number of hydrogen-bond acceptors (Lipinski definition) is 4. The van der Waals surface area contributed by atoms with Gasteiger partial charge in [0.1, 0.15) is 0 Å².